The van der Waals surface area contributed by atoms with Crippen molar-refractivity contribution in [1.29, 1.82) is 0 Å². The van der Waals surface area contributed by atoms with Gasteiger partial charge in [0.15, 0.2) is 0 Å². The molecule has 4 heteroatoms. The largest absolute Gasteiger partial charge is 0.384 e. The van der Waals surface area contributed by atoms with Gasteiger partial charge in [-0.15, -0.1) is 0 Å². The summed E-state index contributed by atoms with van der Waals surface area (Å²) in [5.41, 5.74) is 0.932. The van der Waals surface area contributed by atoms with Crippen molar-refractivity contribution in [3.8, 4) is 5.75 Å². The van der Waals surface area contributed by atoms with E-state index in [0.717, 1.165) is 12.0 Å². The standard InChI is InChI=1S/C10H14O3S/c1-8(2)7-9-5-3-4-6-10(9)13-14(11)12/h3-6,8,14H,7H2,1-2H3. The molecule has 0 bridgehead atoms. The van der Waals surface area contributed by atoms with Crippen molar-refractivity contribution in [1.82, 2.24) is 0 Å². The fourth-order valence-electron chi connectivity index (χ4n) is 1.28. The summed E-state index contributed by atoms with van der Waals surface area (Å²) in [4.78, 5) is 0. The van der Waals surface area contributed by atoms with Crippen LogP contribution in [-0.4, -0.2) is 8.42 Å². The van der Waals surface area contributed by atoms with Crippen molar-refractivity contribution in [2.45, 2.75) is 20.3 Å². The summed E-state index contributed by atoms with van der Waals surface area (Å²) in [6.45, 7) is 4.15. The zero-order valence-corrected chi connectivity index (χ0v) is 9.16. The molecule has 1 aromatic rings. The van der Waals surface area contributed by atoms with Crippen LogP contribution in [0.3, 0.4) is 0 Å². The third kappa shape index (κ3) is 3.38. The van der Waals surface area contributed by atoms with Crippen LogP contribution < -0.4 is 4.18 Å². The van der Waals surface area contributed by atoms with Crippen LogP contribution >= 0.6 is 0 Å². The first-order valence-electron chi connectivity index (χ1n) is 4.50. The quantitative estimate of drug-likeness (QED) is 0.777. The Balaban J connectivity index is 2.90. The summed E-state index contributed by atoms with van der Waals surface area (Å²) in [7, 11) is -2.82. The van der Waals surface area contributed by atoms with Crippen molar-refractivity contribution in [3.05, 3.63) is 29.8 Å². The van der Waals surface area contributed by atoms with Gasteiger partial charge in [0.25, 0.3) is 11.0 Å². The Bertz CT molecular complexity index is 361. The highest BCUT2D eigenvalue weighted by Gasteiger charge is 2.05. The minimum Gasteiger partial charge on any atom is -0.384 e. The molecular weight excluding hydrogens is 200 g/mol. The lowest BCUT2D eigenvalue weighted by Crippen LogP contribution is -1.99. The molecule has 0 radical (unpaired) electrons. The first-order valence-corrected chi connectivity index (χ1v) is 5.59. The van der Waals surface area contributed by atoms with Crippen LogP contribution in [0.15, 0.2) is 24.3 Å². The first-order chi connectivity index (χ1) is 6.59. The minimum absolute atomic E-state index is 0.442. The van der Waals surface area contributed by atoms with E-state index in [4.69, 9.17) is 4.18 Å². The van der Waals surface area contributed by atoms with Crippen LogP contribution in [0.25, 0.3) is 0 Å². The Hall–Kier alpha value is -1.03. The van der Waals surface area contributed by atoms with Gasteiger partial charge in [0, 0.05) is 0 Å². The number of hydrogen-bond acceptors (Lipinski definition) is 3. The van der Waals surface area contributed by atoms with Crippen molar-refractivity contribution in [3.63, 3.8) is 0 Å². The van der Waals surface area contributed by atoms with E-state index in [9.17, 15) is 8.42 Å². The van der Waals surface area contributed by atoms with Gasteiger partial charge in [0.1, 0.15) is 5.75 Å². The first kappa shape index (κ1) is 11.0. The Morgan fingerprint density at radius 1 is 1.29 bits per heavy atom. The van der Waals surface area contributed by atoms with Gasteiger partial charge < -0.3 is 4.18 Å². The Kier molecular flexibility index (Phi) is 3.95. The maximum atomic E-state index is 10.4. The van der Waals surface area contributed by atoms with Crippen LogP contribution in [-0.2, 0) is 17.4 Å². The van der Waals surface area contributed by atoms with Gasteiger partial charge in [0.2, 0.25) is 0 Å². The highest BCUT2D eigenvalue weighted by molar-refractivity contribution is 7.67. The van der Waals surface area contributed by atoms with E-state index in [1.165, 1.54) is 0 Å². The van der Waals surface area contributed by atoms with Crippen molar-refractivity contribution >= 4 is 11.0 Å². The van der Waals surface area contributed by atoms with Gasteiger partial charge in [-0.3, -0.25) is 0 Å². The minimum atomic E-state index is -2.82. The molecule has 14 heavy (non-hydrogen) atoms. The molecule has 78 valence electrons. The van der Waals surface area contributed by atoms with E-state index >= 15 is 0 Å². The number of rotatable bonds is 4. The Morgan fingerprint density at radius 3 is 2.50 bits per heavy atom. The number of para-hydroxylation sites is 1. The summed E-state index contributed by atoms with van der Waals surface area (Å²) >= 11 is 0. The molecule has 1 aromatic carbocycles. The summed E-state index contributed by atoms with van der Waals surface area (Å²) in [5, 5.41) is 0. The van der Waals surface area contributed by atoms with E-state index in [-0.39, 0.29) is 0 Å². The number of hydrogen-bond donors (Lipinski definition) is 1. The number of thiol groups is 1. The molecule has 0 atom stereocenters. The molecule has 0 saturated carbocycles. The smallest absolute Gasteiger partial charge is 0.299 e. The molecule has 0 saturated heterocycles. The predicted molar refractivity (Wildman–Crippen MR) is 55.9 cm³/mol. The lowest BCUT2D eigenvalue weighted by atomic mass is 10.0. The molecule has 0 heterocycles. The Morgan fingerprint density at radius 2 is 1.93 bits per heavy atom. The van der Waals surface area contributed by atoms with Gasteiger partial charge >= 0.3 is 0 Å². The third-order valence-corrected chi connectivity index (χ3v) is 2.12. The second-order valence-electron chi connectivity index (χ2n) is 3.52. The van der Waals surface area contributed by atoms with Crippen LogP contribution in [0.5, 0.6) is 5.75 Å². The summed E-state index contributed by atoms with van der Waals surface area (Å²) in [6.07, 6.45) is 0.819. The summed E-state index contributed by atoms with van der Waals surface area (Å²) in [5.74, 6) is 0.918. The second-order valence-corrected chi connectivity index (χ2v) is 4.15. The average Bonchev–Trinajstić information content (AvgIpc) is 2.06. The normalized spacial score (nSPS) is 10.9. The van der Waals surface area contributed by atoms with Gasteiger partial charge in [-0.05, 0) is 24.0 Å². The van der Waals surface area contributed by atoms with Crippen LogP contribution in [0, 0.1) is 5.92 Å². The van der Waals surface area contributed by atoms with Crippen LogP contribution in [0.2, 0.25) is 0 Å². The van der Waals surface area contributed by atoms with Crippen molar-refractivity contribution in [2.24, 2.45) is 5.92 Å². The summed E-state index contributed by atoms with van der Waals surface area (Å²) in [6, 6.07) is 7.19. The molecular formula is C10H14O3S. The highest BCUT2D eigenvalue weighted by Crippen LogP contribution is 2.21. The van der Waals surface area contributed by atoms with Gasteiger partial charge in [-0.1, -0.05) is 32.0 Å². The molecule has 1 rings (SSSR count). The van der Waals surface area contributed by atoms with Gasteiger partial charge in [0.05, 0.1) is 0 Å². The maximum Gasteiger partial charge on any atom is 0.299 e. The zero-order valence-electron chi connectivity index (χ0n) is 8.27. The molecule has 0 N–H and O–H groups in total. The van der Waals surface area contributed by atoms with E-state index in [2.05, 4.69) is 13.8 Å². The van der Waals surface area contributed by atoms with Crippen LogP contribution in [0.4, 0.5) is 0 Å². The van der Waals surface area contributed by atoms with Gasteiger partial charge in [-0.2, -0.15) is 8.42 Å². The molecule has 0 amide bonds. The van der Waals surface area contributed by atoms with E-state index in [1.54, 1.807) is 12.1 Å². The molecule has 0 aliphatic heterocycles. The molecule has 0 fully saturated rings. The van der Waals surface area contributed by atoms with Gasteiger partial charge in [-0.25, -0.2) is 0 Å². The molecule has 0 aliphatic carbocycles. The zero-order chi connectivity index (χ0) is 10.6. The lowest BCUT2D eigenvalue weighted by molar-refractivity contribution is 0.503. The molecule has 0 aliphatic rings. The fourth-order valence-corrected chi connectivity index (χ4v) is 1.62. The molecule has 3 nitrogen and oxygen atoms in total. The fraction of sp³-hybridized carbons (Fsp3) is 0.400. The molecule has 0 aromatic heterocycles. The third-order valence-electron chi connectivity index (χ3n) is 1.77. The Labute approximate surface area is 85.9 Å². The van der Waals surface area contributed by atoms with E-state index in [1.807, 2.05) is 12.1 Å². The molecule has 0 unspecified atom stereocenters. The topological polar surface area (TPSA) is 43.4 Å². The summed E-state index contributed by atoms with van der Waals surface area (Å²) < 4.78 is 25.5. The van der Waals surface area contributed by atoms with Crippen LogP contribution in [0.1, 0.15) is 19.4 Å². The second kappa shape index (κ2) is 5.00. The SMILES string of the molecule is CC(C)Cc1ccccc1O[SH](=O)=O. The monoisotopic (exact) mass is 214 g/mol. The maximum absolute atomic E-state index is 10.4. The van der Waals surface area contributed by atoms with E-state index < -0.39 is 11.0 Å². The lowest BCUT2D eigenvalue weighted by Gasteiger charge is -2.08. The number of benzene rings is 1. The molecule has 0 spiro atoms. The predicted octanol–water partition coefficient (Wildman–Crippen LogP) is 1.79. The highest BCUT2D eigenvalue weighted by atomic mass is 32.2. The average molecular weight is 214 g/mol. The van der Waals surface area contributed by atoms with E-state index in [0.29, 0.717) is 11.7 Å². The van der Waals surface area contributed by atoms with Crippen molar-refractivity contribution < 1.29 is 12.6 Å². The van der Waals surface area contributed by atoms with Crippen molar-refractivity contribution in [2.75, 3.05) is 0 Å².